The van der Waals surface area contributed by atoms with Crippen LogP contribution in [0.25, 0.3) is 0 Å². The standard InChI is InChI=1S/C19H26FN3O2/c1-2-4-17(24)19(25)23-9-7-13(8-10-23)18-16(12-21-22-18)14-5-3-6-15(20)11-14/h3,5-6,11,13,16,18,21-22H,2,4,7-10,12H2,1H3. The third kappa shape index (κ3) is 4.07. The fourth-order valence-electron chi connectivity index (χ4n) is 4.00. The monoisotopic (exact) mass is 347 g/mol. The van der Waals surface area contributed by atoms with Gasteiger partial charge in [-0.05, 0) is 42.9 Å². The lowest BCUT2D eigenvalue weighted by molar-refractivity contribution is -0.145. The predicted octanol–water partition coefficient (Wildman–Crippen LogP) is 1.99. The van der Waals surface area contributed by atoms with E-state index in [0.29, 0.717) is 31.8 Å². The van der Waals surface area contributed by atoms with Gasteiger partial charge in [0.15, 0.2) is 0 Å². The molecule has 0 spiro atoms. The number of ketones is 1. The fraction of sp³-hybridized carbons (Fsp3) is 0.579. The summed E-state index contributed by atoms with van der Waals surface area (Å²) in [6.45, 7) is 3.91. The van der Waals surface area contributed by atoms with E-state index < -0.39 is 0 Å². The molecule has 0 saturated carbocycles. The van der Waals surface area contributed by atoms with E-state index in [1.165, 1.54) is 6.07 Å². The number of halogens is 1. The van der Waals surface area contributed by atoms with Gasteiger partial charge in [-0.2, -0.15) is 0 Å². The van der Waals surface area contributed by atoms with Gasteiger partial charge in [-0.3, -0.25) is 20.4 Å². The van der Waals surface area contributed by atoms with Gasteiger partial charge in [0.1, 0.15) is 5.82 Å². The van der Waals surface area contributed by atoms with Gasteiger partial charge < -0.3 is 4.90 Å². The molecular formula is C19H26FN3O2. The molecule has 0 radical (unpaired) electrons. The Balaban J connectivity index is 1.60. The van der Waals surface area contributed by atoms with E-state index in [1.807, 2.05) is 13.0 Å². The van der Waals surface area contributed by atoms with Crippen LogP contribution in [0.5, 0.6) is 0 Å². The van der Waals surface area contributed by atoms with Crippen molar-refractivity contribution in [3.63, 3.8) is 0 Å². The summed E-state index contributed by atoms with van der Waals surface area (Å²) in [5.41, 5.74) is 7.54. The third-order valence-electron chi connectivity index (χ3n) is 5.35. The van der Waals surface area contributed by atoms with Gasteiger partial charge in [0.05, 0.1) is 0 Å². The van der Waals surface area contributed by atoms with E-state index in [1.54, 1.807) is 17.0 Å². The SMILES string of the molecule is CCCC(=O)C(=O)N1CCC(C2NNCC2c2cccc(F)c2)CC1. The topological polar surface area (TPSA) is 61.4 Å². The highest BCUT2D eigenvalue weighted by Crippen LogP contribution is 2.32. The van der Waals surface area contributed by atoms with E-state index in [4.69, 9.17) is 0 Å². The Labute approximate surface area is 147 Å². The minimum Gasteiger partial charge on any atom is -0.336 e. The number of nitrogens with one attached hydrogen (secondary N) is 2. The van der Waals surface area contributed by atoms with E-state index in [-0.39, 0.29) is 29.5 Å². The molecule has 1 aromatic carbocycles. The van der Waals surface area contributed by atoms with Crippen LogP contribution in [0.4, 0.5) is 4.39 Å². The average molecular weight is 347 g/mol. The first-order valence-electron chi connectivity index (χ1n) is 9.16. The summed E-state index contributed by atoms with van der Waals surface area (Å²) >= 11 is 0. The maximum absolute atomic E-state index is 13.6. The molecule has 2 N–H and O–H groups in total. The van der Waals surface area contributed by atoms with Crippen molar-refractivity contribution in [2.75, 3.05) is 19.6 Å². The van der Waals surface area contributed by atoms with Gasteiger partial charge in [0.25, 0.3) is 5.91 Å². The van der Waals surface area contributed by atoms with E-state index in [0.717, 1.165) is 24.9 Å². The summed E-state index contributed by atoms with van der Waals surface area (Å²) in [7, 11) is 0. The average Bonchev–Trinajstić information content (AvgIpc) is 3.11. The van der Waals surface area contributed by atoms with Crippen LogP contribution in [0.3, 0.4) is 0 Å². The number of piperidine rings is 1. The first kappa shape index (κ1) is 18.0. The molecule has 0 aliphatic carbocycles. The van der Waals surface area contributed by atoms with Crippen molar-refractivity contribution >= 4 is 11.7 Å². The molecule has 2 saturated heterocycles. The van der Waals surface area contributed by atoms with Crippen LogP contribution in [0.15, 0.2) is 24.3 Å². The highest BCUT2D eigenvalue weighted by atomic mass is 19.1. The molecule has 25 heavy (non-hydrogen) atoms. The molecule has 3 rings (SSSR count). The maximum atomic E-state index is 13.6. The molecule has 5 nitrogen and oxygen atoms in total. The van der Waals surface area contributed by atoms with Crippen molar-refractivity contribution in [3.8, 4) is 0 Å². The van der Waals surface area contributed by atoms with Crippen LogP contribution in [-0.2, 0) is 9.59 Å². The van der Waals surface area contributed by atoms with Gasteiger partial charge in [-0.25, -0.2) is 4.39 Å². The minimum absolute atomic E-state index is 0.210. The number of hydrogen-bond acceptors (Lipinski definition) is 4. The van der Waals surface area contributed by atoms with E-state index in [9.17, 15) is 14.0 Å². The van der Waals surface area contributed by atoms with Gasteiger partial charge in [-0.1, -0.05) is 19.1 Å². The second-order valence-corrected chi connectivity index (χ2v) is 7.02. The molecule has 2 aliphatic heterocycles. The zero-order chi connectivity index (χ0) is 17.8. The normalized spacial score (nSPS) is 24.5. The Morgan fingerprint density at radius 3 is 2.72 bits per heavy atom. The number of hydrazine groups is 1. The van der Waals surface area contributed by atoms with Crippen molar-refractivity contribution in [1.82, 2.24) is 15.8 Å². The number of amides is 1. The molecule has 2 heterocycles. The molecule has 1 amide bonds. The molecular weight excluding hydrogens is 321 g/mol. The summed E-state index contributed by atoms with van der Waals surface area (Å²) in [4.78, 5) is 25.6. The summed E-state index contributed by atoms with van der Waals surface area (Å²) in [6.07, 6.45) is 2.75. The van der Waals surface area contributed by atoms with Crippen LogP contribution < -0.4 is 10.9 Å². The Kier molecular flexibility index (Phi) is 5.81. The number of rotatable bonds is 5. The smallest absolute Gasteiger partial charge is 0.289 e. The maximum Gasteiger partial charge on any atom is 0.289 e. The molecule has 2 atom stereocenters. The van der Waals surface area contributed by atoms with Crippen LogP contribution >= 0.6 is 0 Å². The number of benzene rings is 1. The van der Waals surface area contributed by atoms with Crippen molar-refractivity contribution in [2.45, 2.75) is 44.6 Å². The predicted molar refractivity (Wildman–Crippen MR) is 93.3 cm³/mol. The Morgan fingerprint density at radius 1 is 1.28 bits per heavy atom. The van der Waals surface area contributed by atoms with Crippen LogP contribution in [0, 0.1) is 11.7 Å². The first-order valence-corrected chi connectivity index (χ1v) is 9.16. The molecule has 136 valence electrons. The molecule has 0 bridgehead atoms. The summed E-state index contributed by atoms with van der Waals surface area (Å²) in [5.74, 6) is -0.213. The molecule has 1 aromatic rings. The highest BCUT2D eigenvalue weighted by molar-refractivity contribution is 6.36. The molecule has 0 aromatic heterocycles. The number of carbonyl (C=O) groups is 2. The summed E-state index contributed by atoms with van der Waals surface area (Å²) < 4.78 is 13.6. The van der Waals surface area contributed by atoms with Crippen LogP contribution in [0.2, 0.25) is 0 Å². The minimum atomic E-state index is -0.334. The third-order valence-corrected chi connectivity index (χ3v) is 5.35. The number of carbonyl (C=O) groups excluding carboxylic acids is 2. The molecule has 6 heteroatoms. The van der Waals surface area contributed by atoms with Gasteiger partial charge in [0, 0.05) is 38.0 Å². The summed E-state index contributed by atoms with van der Waals surface area (Å²) in [6, 6.07) is 7.00. The first-order chi connectivity index (χ1) is 12.1. The zero-order valence-corrected chi connectivity index (χ0v) is 14.6. The molecule has 2 aliphatic rings. The van der Waals surface area contributed by atoms with Gasteiger partial charge >= 0.3 is 0 Å². The van der Waals surface area contributed by atoms with Crippen molar-refractivity contribution in [2.24, 2.45) is 5.92 Å². The van der Waals surface area contributed by atoms with Crippen molar-refractivity contribution < 1.29 is 14.0 Å². The number of Topliss-reactive ketones (excluding diaryl/α,β-unsaturated/α-hetero) is 1. The fourth-order valence-corrected chi connectivity index (χ4v) is 4.00. The Bertz CT molecular complexity index is 629. The largest absolute Gasteiger partial charge is 0.336 e. The van der Waals surface area contributed by atoms with E-state index in [2.05, 4.69) is 10.9 Å². The number of nitrogens with zero attached hydrogens (tertiary/aromatic N) is 1. The lowest BCUT2D eigenvalue weighted by atomic mass is 9.80. The highest BCUT2D eigenvalue weighted by Gasteiger charge is 2.37. The second-order valence-electron chi connectivity index (χ2n) is 7.02. The van der Waals surface area contributed by atoms with Crippen LogP contribution in [0.1, 0.15) is 44.1 Å². The quantitative estimate of drug-likeness (QED) is 0.800. The van der Waals surface area contributed by atoms with Crippen molar-refractivity contribution in [1.29, 1.82) is 0 Å². The van der Waals surface area contributed by atoms with E-state index >= 15 is 0 Å². The second kappa shape index (κ2) is 8.06. The van der Waals surface area contributed by atoms with Gasteiger partial charge in [0.2, 0.25) is 5.78 Å². The van der Waals surface area contributed by atoms with Gasteiger partial charge in [-0.15, -0.1) is 0 Å². The zero-order valence-electron chi connectivity index (χ0n) is 14.6. The Morgan fingerprint density at radius 2 is 2.04 bits per heavy atom. The molecule has 2 fully saturated rings. The van der Waals surface area contributed by atoms with Crippen LogP contribution in [-0.4, -0.2) is 42.3 Å². The Hall–Kier alpha value is -1.79. The number of hydrogen-bond donors (Lipinski definition) is 2. The lowest BCUT2D eigenvalue weighted by Crippen LogP contribution is -2.47. The number of likely N-dealkylation sites (tertiary alicyclic amines) is 1. The summed E-state index contributed by atoms with van der Waals surface area (Å²) in [5, 5.41) is 0. The van der Waals surface area contributed by atoms with Crippen molar-refractivity contribution in [3.05, 3.63) is 35.6 Å². The molecule has 2 unspecified atom stereocenters. The lowest BCUT2D eigenvalue weighted by Gasteiger charge is -2.36.